The molecule has 0 amide bonds. The molecule has 0 bridgehead atoms. The summed E-state index contributed by atoms with van der Waals surface area (Å²) in [5.41, 5.74) is 6.50. The molecular weight excluding hydrogens is 328 g/mol. The number of aliphatic imine (C=N–C) groups is 1. The van der Waals surface area contributed by atoms with Crippen LogP contribution in [0.5, 0.6) is 5.75 Å². The molecule has 1 atom stereocenters. The van der Waals surface area contributed by atoms with E-state index in [1.165, 1.54) is 6.42 Å². The number of nitrogens with zero attached hydrogens (tertiary/aromatic N) is 2. The summed E-state index contributed by atoms with van der Waals surface area (Å²) in [6.07, 6.45) is 3.50. The normalized spacial score (nSPS) is 19.2. The number of ether oxygens (including phenoxy) is 1. The highest BCUT2D eigenvalue weighted by atomic mass is 32.2. The number of likely N-dealkylation sites (tertiary alicyclic amines) is 1. The molecule has 0 aromatic heterocycles. The van der Waals surface area contributed by atoms with Crippen molar-refractivity contribution in [3.05, 3.63) is 24.3 Å². The van der Waals surface area contributed by atoms with Crippen LogP contribution in [0.3, 0.4) is 0 Å². The molecule has 0 aliphatic carbocycles. The van der Waals surface area contributed by atoms with E-state index in [2.05, 4.69) is 21.5 Å². The van der Waals surface area contributed by atoms with Crippen LogP contribution in [0.1, 0.15) is 19.8 Å². The maximum Gasteiger partial charge on any atom is 0.229 e. The molecule has 1 heterocycles. The first-order valence-electron chi connectivity index (χ1n) is 8.09. The van der Waals surface area contributed by atoms with Crippen molar-refractivity contribution < 1.29 is 13.2 Å². The summed E-state index contributed by atoms with van der Waals surface area (Å²) < 4.78 is 30.5. The van der Waals surface area contributed by atoms with Gasteiger partial charge in [0, 0.05) is 19.2 Å². The molecule has 1 unspecified atom stereocenters. The average Bonchev–Trinajstić information content (AvgIpc) is 2.50. The lowest BCUT2D eigenvalue weighted by molar-refractivity contribution is 0.269. The van der Waals surface area contributed by atoms with Gasteiger partial charge in [0.25, 0.3) is 0 Å². The second kappa shape index (κ2) is 8.23. The Hall–Kier alpha value is -1.96. The van der Waals surface area contributed by atoms with Crippen molar-refractivity contribution in [1.82, 2.24) is 4.90 Å². The van der Waals surface area contributed by atoms with Gasteiger partial charge in [-0.15, -0.1) is 0 Å². The van der Waals surface area contributed by atoms with Gasteiger partial charge in [0.1, 0.15) is 12.4 Å². The Balaban J connectivity index is 1.81. The molecule has 1 aromatic rings. The van der Waals surface area contributed by atoms with E-state index in [0.29, 0.717) is 36.5 Å². The lowest BCUT2D eigenvalue weighted by Gasteiger charge is -2.31. The summed E-state index contributed by atoms with van der Waals surface area (Å²) in [5.74, 6) is 1.80. The van der Waals surface area contributed by atoms with Gasteiger partial charge < -0.3 is 15.4 Å². The van der Waals surface area contributed by atoms with E-state index in [1.54, 1.807) is 24.3 Å². The monoisotopic (exact) mass is 354 g/mol. The van der Waals surface area contributed by atoms with Crippen LogP contribution >= 0.6 is 0 Å². The van der Waals surface area contributed by atoms with Crippen LogP contribution in [0.15, 0.2) is 29.3 Å². The van der Waals surface area contributed by atoms with Crippen LogP contribution < -0.4 is 15.2 Å². The standard InChI is InChI=1S/C16H26N4O3S/c1-13-5-4-9-20(12-13)16(17)18-8-10-23-15-7-3-6-14(11-15)19-24(2,21)22/h3,6-7,11,13,19H,4-5,8-10,12H2,1-2H3,(H2,17,18). The average molecular weight is 354 g/mol. The molecule has 3 N–H and O–H groups in total. The van der Waals surface area contributed by atoms with Gasteiger partial charge in [0.15, 0.2) is 5.96 Å². The van der Waals surface area contributed by atoms with Gasteiger partial charge in [0.05, 0.1) is 18.5 Å². The smallest absolute Gasteiger partial charge is 0.229 e. The van der Waals surface area contributed by atoms with E-state index in [-0.39, 0.29) is 0 Å². The molecule has 1 aliphatic heterocycles. The largest absolute Gasteiger partial charge is 0.492 e. The molecule has 7 nitrogen and oxygen atoms in total. The van der Waals surface area contributed by atoms with E-state index < -0.39 is 10.0 Å². The van der Waals surface area contributed by atoms with Crippen LogP contribution in [0.4, 0.5) is 5.69 Å². The number of hydrogen-bond acceptors (Lipinski definition) is 4. The Bertz CT molecular complexity index is 676. The maximum absolute atomic E-state index is 11.2. The van der Waals surface area contributed by atoms with E-state index in [9.17, 15) is 8.42 Å². The molecule has 1 saturated heterocycles. The maximum atomic E-state index is 11.2. The molecule has 24 heavy (non-hydrogen) atoms. The van der Waals surface area contributed by atoms with Gasteiger partial charge >= 0.3 is 0 Å². The fraction of sp³-hybridized carbons (Fsp3) is 0.562. The van der Waals surface area contributed by atoms with Gasteiger partial charge in [-0.2, -0.15) is 0 Å². The van der Waals surface area contributed by atoms with Crippen LogP contribution in [-0.2, 0) is 10.0 Å². The molecule has 0 radical (unpaired) electrons. The minimum atomic E-state index is -3.30. The first-order valence-corrected chi connectivity index (χ1v) is 9.98. The second-order valence-electron chi connectivity index (χ2n) is 6.18. The predicted molar refractivity (Wildman–Crippen MR) is 96.9 cm³/mol. The van der Waals surface area contributed by atoms with Crippen molar-refractivity contribution in [2.45, 2.75) is 19.8 Å². The van der Waals surface area contributed by atoms with E-state index in [4.69, 9.17) is 10.5 Å². The van der Waals surface area contributed by atoms with Crippen molar-refractivity contribution >= 4 is 21.7 Å². The topological polar surface area (TPSA) is 97.0 Å². The molecule has 134 valence electrons. The first-order chi connectivity index (χ1) is 11.3. The summed E-state index contributed by atoms with van der Waals surface area (Å²) in [6, 6.07) is 6.81. The van der Waals surface area contributed by atoms with Crippen molar-refractivity contribution in [2.75, 3.05) is 37.2 Å². The third kappa shape index (κ3) is 6.27. The zero-order chi connectivity index (χ0) is 17.6. The third-order valence-corrected chi connectivity index (χ3v) is 4.36. The SMILES string of the molecule is CC1CCCN(C(N)=NCCOc2cccc(NS(C)(=O)=O)c2)C1. The number of sulfonamides is 1. The Morgan fingerprint density at radius 1 is 1.50 bits per heavy atom. The van der Waals surface area contributed by atoms with Crippen molar-refractivity contribution in [3.8, 4) is 5.75 Å². The summed E-state index contributed by atoms with van der Waals surface area (Å²) in [6.45, 7) is 4.97. The van der Waals surface area contributed by atoms with Crippen LogP contribution in [0.2, 0.25) is 0 Å². The van der Waals surface area contributed by atoms with Gasteiger partial charge in [-0.05, 0) is 30.9 Å². The van der Waals surface area contributed by atoms with E-state index in [1.807, 2.05) is 0 Å². The van der Waals surface area contributed by atoms with E-state index in [0.717, 1.165) is 25.8 Å². The number of nitrogens with two attached hydrogens (primary N) is 1. The van der Waals surface area contributed by atoms with Crippen LogP contribution in [-0.4, -0.2) is 51.8 Å². The molecule has 2 rings (SSSR count). The summed E-state index contributed by atoms with van der Waals surface area (Å²) in [5, 5.41) is 0. The number of guanidine groups is 1. The lowest BCUT2D eigenvalue weighted by atomic mass is 10.0. The quantitative estimate of drug-likeness (QED) is 0.458. The Morgan fingerprint density at radius 3 is 3.00 bits per heavy atom. The van der Waals surface area contributed by atoms with Gasteiger partial charge in [-0.25, -0.2) is 13.4 Å². The first kappa shape index (κ1) is 18.4. The molecule has 1 aliphatic rings. The highest BCUT2D eigenvalue weighted by Crippen LogP contribution is 2.18. The Morgan fingerprint density at radius 2 is 2.29 bits per heavy atom. The zero-order valence-electron chi connectivity index (χ0n) is 14.2. The van der Waals surface area contributed by atoms with Crippen LogP contribution in [0.25, 0.3) is 0 Å². The molecule has 0 spiro atoms. The predicted octanol–water partition coefficient (Wildman–Crippen LogP) is 1.48. The number of rotatable bonds is 6. The Labute approximate surface area is 143 Å². The molecule has 1 fully saturated rings. The second-order valence-corrected chi connectivity index (χ2v) is 7.93. The van der Waals surface area contributed by atoms with E-state index >= 15 is 0 Å². The van der Waals surface area contributed by atoms with Crippen molar-refractivity contribution in [2.24, 2.45) is 16.6 Å². The van der Waals surface area contributed by atoms with Crippen molar-refractivity contribution in [1.29, 1.82) is 0 Å². The number of nitrogens with one attached hydrogen (secondary N) is 1. The highest BCUT2D eigenvalue weighted by molar-refractivity contribution is 7.92. The van der Waals surface area contributed by atoms with Gasteiger partial charge in [-0.3, -0.25) is 4.72 Å². The summed E-state index contributed by atoms with van der Waals surface area (Å²) in [4.78, 5) is 6.48. The fourth-order valence-electron chi connectivity index (χ4n) is 2.68. The minimum absolute atomic E-state index is 0.381. The highest BCUT2D eigenvalue weighted by Gasteiger charge is 2.17. The molecule has 8 heteroatoms. The number of piperidine rings is 1. The summed E-state index contributed by atoms with van der Waals surface area (Å²) in [7, 11) is -3.30. The fourth-order valence-corrected chi connectivity index (χ4v) is 3.24. The number of anilines is 1. The summed E-state index contributed by atoms with van der Waals surface area (Å²) >= 11 is 0. The zero-order valence-corrected chi connectivity index (χ0v) is 15.1. The number of benzene rings is 1. The van der Waals surface area contributed by atoms with Gasteiger partial charge in [0.2, 0.25) is 10.0 Å². The van der Waals surface area contributed by atoms with Crippen molar-refractivity contribution in [3.63, 3.8) is 0 Å². The molecular formula is C16H26N4O3S. The molecule has 1 aromatic carbocycles. The van der Waals surface area contributed by atoms with Crippen LogP contribution in [0, 0.1) is 5.92 Å². The number of hydrogen-bond donors (Lipinski definition) is 2. The minimum Gasteiger partial charge on any atom is -0.492 e. The third-order valence-electron chi connectivity index (χ3n) is 3.75. The molecule has 0 saturated carbocycles. The lowest BCUT2D eigenvalue weighted by Crippen LogP contribution is -2.43. The Kier molecular flexibility index (Phi) is 6.30. The van der Waals surface area contributed by atoms with Gasteiger partial charge in [-0.1, -0.05) is 13.0 Å².